The van der Waals surface area contributed by atoms with Crippen LogP contribution >= 0.6 is 0 Å². The minimum Gasteiger partial charge on any atom is -0.692 e. The Morgan fingerprint density at radius 1 is 1.23 bits per heavy atom. The van der Waals surface area contributed by atoms with Gasteiger partial charge in [-0.1, -0.05) is 0 Å². The zero-order chi connectivity index (χ0) is 9.82. The van der Waals surface area contributed by atoms with Gasteiger partial charge in [-0.05, 0) is 20.8 Å². The maximum absolute atomic E-state index is 4.92. The number of rotatable bonds is 5. The Morgan fingerprint density at radius 3 is 2.00 bits per heavy atom. The van der Waals surface area contributed by atoms with E-state index in [9.17, 15) is 0 Å². The van der Waals surface area contributed by atoms with Crippen molar-refractivity contribution in [2.75, 3.05) is 19.7 Å². The first kappa shape index (κ1) is 18.7. The Kier molecular flexibility index (Phi) is 25.7. The molecule has 0 radical (unpaired) electrons. The van der Waals surface area contributed by atoms with E-state index in [-0.39, 0.29) is 19.5 Å². The van der Waals surface area contributed by atoms with E-state index in [4.69, 9.17) is 4.74 Å². The van der Waals surface area contributed by atoms with Crippen LogP contribution in [-0.4, -0.2) is 24.6 Å². The van der Waals surface area contributed by atoms with Crippen LogP contribution in [0.3, 0.4) is 0 Å². The third-order valence-electron chi connectivity index (χ3n) is 1.28. The quantitative estimate of drug-likeness (QED) is 0.413. The van der Waals surface area contributed by atoms with Crippen LogP contribution in [0, 0.1) is 13.2 Å². The Balaban J connectivity index is -0.000000309. The molecule has 0 bridgehead atoms. The summed E-state index contributed by atoms with van der Waals surface area (Å²) in [5.74, 6) is 0. The van der Waals surface area contributed by atoms with Crippen LogP contribution < -0.4 is 0 Å². The summed E-state index contributed by atoms with van der Waals surface area (Å²) in [4.78, 5) is 2.12. The number of ether oxygens (including phenoxy) is 1. The van der Waals surface area contributed by atoms with E-state index in [2.05, 4.69) is 31.9 Å². The van der Waals surface area contributed by atoms with Crippen LogP contribution in [0.1, 0.15) is 27.7 Å². The van der Waals surface area contributed by atoms with Crippen LogP contribution in [0.5, 0.6) is 0 Å². The van der Waals surface area contributed by atoms with Crippen LogP contribution in [0.15, 0.2) is 6.20 Å². The zero-order valence-electron chi connectivity index (χ0n) is 9.47. The van der Waals surface area contributed by atoms with Crippen molar-refractivity contribution in [3.05, 3.63) is 19.4 Å². The molecule has 0 fully saturated rings. The molecule has 0 amide bonds. The molecule has 3 heteroatoms. The second-order valence-corrected chi connectivity index (χ2v) is 1.90. The molecule has 0 saturated carbocycles. The summed E-state index contributed by atoms with van der Waals surface area (Å²) < 4.78 is 4.92. The molecule has 74 valence electrons. The minimum atomic E-state index is 0. The van der Waals surface area contributed by atoms with Crippen molar-refractivity contribution >= 4 is 0 Å². The number of hydrogen-bond donors (Lipinski definition) is 0. The molecule has 0 aromatic heterocycles. The van der Waals surface area contributed by atoms with Crippen LogP contribution in [-0.2, 0) is 24.2 Å². The van der Waals surface area contributed by atoms with E-state index in [0.29, 0.717) is 6.61 Å². The molecule has 0 spiro atoms. The first-order valence-corrected chi connectivity index (χ1v) is 4.50. The molecule has 0 aliphatic rings. The Morgan fingerprint density at radius 2 is 1.69 bits per heavy atom. The maximum atomic E-state index is 4.92. The zero-order valence-corrected chi connectivity index (χ0v) is 12.4. The summed E-state index contributed by atoms with van der Waals surface area (Å²) in [7, 11) is 0. The van der Waals surface area contributed by atoms with Crippen molar-refractivity contribution < 1.29 is 24.2 Å². The monoisotopic (exact) mass is 235 g/mol. The molecule has 0 rings (SSSR count). The van der Waals surface area contributed by atoms with Gasteiger partial charge in [0, 0.05) is 19.7 Å². The molecule has 0 N–H and O–H groups in total. The topological polar surface area (TPSA) is 12.5 Å². The van der Waals surface area contributed by atoms with Gasteiger partial charge in [0.2, 0.25) is 0 Å². The number of hydrogen-bond acceptors (Lipinski definition) is 2. The molecule has 0 atom stereocenters. The van der Waals surface area contributed by atoms with Gasteiger partial charge < -0.3 is 16.6 Å². The van der Waals surface area contributed by atoms with E-state index in [1.54, 1.807) is 6.92 Å². The summed E-state index contributed by atoms with van der Waals surface area (Å²) in [6.07, 6.45) is 4.59. The van der Waals surface area contributed by atoms with Gasteiger partial charge in [0.15, 0.2) is 0 Å². The Labute approximate surface area is 96.1 Å². The fourth-order valence-corrected chi connectivity index (χ4v) is 0.601. The van der Waals surface area contributed by atoms with Crippen molar-refractivity contribution in [3.63, 3.8) is 0 Å². The van der Waals surface area contributed by atoms with Crippen LogP contribution in [0.25, 0.3) is 0 Å². The third kappa shape index (κ3) is 14.8. The maximum Gasteiger partial charge on any atom is 2.00 e. The molecule has 0 unspecified atom stereocenters. The van der Waals surface area contributed by atoms with E-state index in [0.717, 1.165) is 13.1 Å². The van der Waals surface area contributed by atoms with Gasteiger partial charge >= 0.3 is 19.5 Å². The van der Waals surface area contributed by atoms with Gasteiger partial charge in [-0.15, -0.1) is 6.20 Å². The SMILES string of the molecule is CCO[C-]=CN(CC)CC.[CH2-]C.[Zn+2]. The van der Waals surface area contributed by atoms with Gasteiger partial charge in [-0.25, -0.2) is 0 Å². The van der Waals surface area contributed by atoms with E-state index in [1.165, 1.54) is 0 Å². The van der Waals surface area contributed by atoms with Gasteiger partial charge in [0.1, 0.15) is 0 Å². The Hall–Kier alpha value is -0.0366. The number of nitrogens with zero attached hydrogens (tertiary/aromatic N) is 1. The standard InChI is InChI=1S/C8H16NO.C2H5.Zn/c1-4-9(5-2)7-8-10-6-3;1-2;/h7H,4-6H2,1-3H3;1H2,2H3;/q2*-1;+2. The Bertz CT molecular complexity index is 92.9. The summed E-state index contributed by atoms with van der Waals surface area (Å²) in [6, 6.07) is 0. The molecular formula is C10H21NOZn. The van der Waals surface area contributed by atoms with Gasteiger partial charge in [0.05, 0.1) is 0 Å². The summed E-state index contributed by atoms with van der Waals surface area (Å²) >= 11 is 0. The molecule has 0 aromatic carbocycles. The normalized spacial score (nSPS) is 8.38. The van der Waals surface area contributed by atoms with E-state index >= 15 is 0 Å². The minimum absolute atomic E-state index is 0. The smallest absolute Gasteiger partial charge is 0.692 e. The van der Waals surface area contributed by atoms with E-state index in [1.807, 2.05) is 13.1 Å². The molecule has 0 aliphatic heterocycles. The summed E-state index contributed by atoms with van der Waals surface area (Å²) in [6.45, 7) is 13.9. The van der Waals surface area contributed by atoms with Crippen molar-refractivity contribution in [1.82, 2.24) is 4.90 Å². The van der Waals surface area contributed by atoms with Crippen molar-refractivity contribution in [2.45, 2.75) is 27.7 Å². The van der Waals surface area contributed by atoms with Crippen molar-refractivity contribution in [3.8, 4) is 0 Å². The molecule has 0 heterocycles. The summed E-state index contributed by atoms with van der Waals surface area (Å²) in [5.41, 5.74) is 0. The second kappa shape index (κ2) is 17.9. The predicted molar refractivity (Wildman–Crippen MR) is 53.4 cm³/mol. The fraction of sp³-hybridized carbons (Fsp3) is 0.700. The van der Waals surface area contributed by atoms with Crippen molar-refractivity contribution in [2.24, 2.45) is 0 Å². The fourth-order valence-electron chi connectivity index (χ4n) is 0.601. The molecule has 0 aliphatic carbocycles. The van der Waals surface area contributed by atoms with Gasteiger partial charge in [-0.2, -0.15) is 6.92 Å². The summed E-state index contributed by atoms with van der Waals surface area (Å²) in [5, 5.41) is 0. The van der Waals surface area contributed by atoms with Crippen LogP contribution in [0.4, 0.5) is 0 Å². The third-order valence-corrected chi connectivity index (χ3v) is 1.28. The average molecular weight is 237 g/mol. The van der Waals surface area contributed by atoms with Gasteiger partial charge in [0.25, 0.3) is 0 Å². The first-order valence-electron chi connectivity index (χ1n) is 4.50. The van der Waals surface area contributed by atoms with Crippen molar-refractivity contribution in [1.29, 1.82) is 0 Å². The second-order valence-electron chi connectivity index (χ2n) is 1.90. The molecule has 0 aromatic rings. The van der Waals surface area contributed by atoms with Crippen LogP contribution in [0.2, 0.25) is 0 Å². The average Bonchev–Trinajstić information content (AvgIpc) is 2.16. The van der Waals surface area contributed by atoms with Gasteiger partial charge in [-0.3, -0.25) is 6.26 Å². The molecule has 0 saturated heterocycles. The molecule has 13 heavy (non-hydrogen) atoms. The molecule has 2 nitrogen and oxygen atoms in total. The first-order chi connectivity index (χ1) is 5.85. The van der Waals surface area contributed by atoms with E-state index < -0.39 is 0 Å². The largest absolute Gasteiger partial charge is 2.00 e. The predicted octanol–water partition coefficient (Wildman–Crippen LogP) is 2.48. The molecular weight excluding hydrogens is 216 g/mol.